The maximum absolute atomic E-state index is 13.6. The number of hydrogen-bond donors (Lipinski definition) is 1. The second-order valence-corrected chi connectivity index (χ2v) is 8.13. The first-order valence-corrected chi connectivity index (χ1v) is 10.7. The van der Waals surface area contributed by atoms with Crippen LogP contribution in [0.2, 0.25) is 0 Å². The summed E-state index contributed by atoms with van der Waals surface area (Å²) in [4.78, 5) is 19.8. The van der Waals surface area contributed by atoms with E-state index in [4.69, 9.17) is 20.2 Å². The highest BCUT2D eigenvalue weighted by Gasteiger charge is 2.49. The van der Waals surface area contributed by atoms with E-state index in [9.17, 15) is 4.79 Å². The van der Waals surface area contributed by atoms with Crippen LogP contribution in [0.5, 0.6) is 11.5 Å². The van der Waals surface area contributed by atoms with E-state index in [2.05, 4.69) is 0 Å². The minimum absolute atomic E-state index is 0.172. The largest absolute Gasteiger partial charge is 0.497 e. The van der Waals surface area contributed by atoms with Crippen LogP contribution in [0, 0.1) is 0 Å². The van der Waals surface area contributed by atoms with Crippen LogP contribution >= 0.6 is 0 Å². The topological polar surface area (TPSA) is 77.2 Å². The molecule has 3 aromatic rings. The molecule has 0 saturated carbocycles. The van der Waals surface area contributed by atoms with Crippen LogP contribution in [0.4, 0.5) is 0 Å². The zero-order valence-corrected chi connectivity index (χ0v) is 18.2. The van der Waals surface area contributed by atoms with Crippen molar-refractivity contribution in [3.05, 3.63) is 83.4 Å². The van der Waals surface area contributed by atoms with Gasteiger partial charge in [-0.3, -0.25) is 9.69 Å². The molecule has 6 nitrogen and oxygen atoms in total. The van der Waals surface area contributed by atoms with Gasteiger partial charge in [-0.2, -0.15) is 0 Å². The van der Waals surface area contributed by atoms with Crippen molar-refractivity contribution in [1.29, 1.82) is 0 Å². The lowest BCUT2D eigenvalue weighted by Crippen LogP contribution is -2.41. The van der Waals surface area contributed by atoms with Gasteiger partial charge in [-0.1, -0.05) is 36.4 Å². The molecular weight excluding hydrogens is 402 g/mol. The molecule has 0 bridgehead atoms. The van der Waals surface area contributed by atoms with Crippen molar-refractivity contribution in [2.75, 3.05) is 20.8 Å². The van der Waals surface area contributed by atoms with E-state index in [0.717, 1.165) is 52.2 Å². The number of nitrogens with two attached hydrogens (primary N) is 1. The van der Waals surface area contributed by atoms with Crippen LogP contribution in [0.1, 0.15) is 23.1 Å². The number of aryl methyl sites for hydroxylation is 1. The number of fused-ring (bicyclic) bond motifs is 1. The Balaban J connectivity index is 1.69. The first-order chi connectivity index (χ1) is 15.5. The van der Waals surface area contributed by atoms with Gasteiger partial charge in [-0.15, -0.1) is 0 Å². The molecule has 0 aromatic heterocycles. The number of carbonyl (C=O) groups is 1. The minimum atomic E-state index is -1.24. The summed E-state index contributed by atoms with van der Waals surface area (Å²) in [6, 6.07) is 21.7. The Bertz CT molecular complexity index is 1240. The van der Waals surface area contributed by atoms with Crippen LogP contribution in [0.3, 0.4) is 0 Å². The third-order valence-corrected chi connectivity index (χ3v) is 6.25. The normalized spacial score (nSPS) is 19.9. The van der Waals surface area contributed by atoms with Gasteiger partial charge in [-0.25, -0.2) is 4.99 Å². The van der Waals surface area contributed by atoms with Gasteiger partial charge in [0, 0.05) is 7.05 Å². The molecule has 2 aliphatic heterocycles. The smallest absolute Gasteiger partial charge is 0.266 e. The quantitative estimate of drug-likeness (QED) is 0.689. The number of methoxy groups -OCH3 is 1. The number of ether oxygens (including phenoxy) is 2. The van der Waals surface area contributed by atoms with E-state index in [0.29, 0.717) is 6.61 Å². The van der Waals surface area contributed by atoms with Crippen molar-refractivity contribution >= 4 is 11.9 Å². The predicted molar refractivity (Wildman–Crippen MR) is 124 cm³/mol. The number of amides is 1. The summed E-state index contributed by atoms with van der Waals surface area (Å²) >= 11 is 0. The maximum atomic E-state index is 13.6. The Kier molecular flexibility index (Phi) is 4.85. The average Bonchev–Trinajstić information content (AvgIpc) is 3.08. The van der Waals surface area contributed by atoms with Crippen LogP contribution in [-0.4, -0.2) is 37.5 Å². The molecule has 2 aliphatic rings. The van der Waals surface area contributed by atoms with Crippen LogP contribution in [-0.2, 0) is 16.8 Å². The van der Waals surface area contributed by atoms with E-state index in [1.165, 1.54) is 4.90 Å². The Hall–Kier alpha value is -3.80. The van der Waals surface area contributed by atoms with Crippen molar-refractivity contribution in [3.63, 3.8) is 0 Å². The standard InChI is InChI=1S/C26H25N3O3/c1-29-24(30)26(28-25(29)27,21-11-12-23-19(15-21)8-5-13-32-23)20-9-3-6-17(14-20)18-7-4-10-22(16-18)31-2/h3-4,6-7,9-12,14-16H,5,8,13H2,1-2H3,(H2,27,28). The number of rotatable bonds is 4. The zero-order valence-electron chi connectivity index (χ0n) is 18.2. The molecule has 5 rings (SSSR count). The van der Waals surface area contributed by atoms with Gasteiger partial charge in [0.1, 0.15) is 11.5 Å². The Labute approximate surface area is 187 Å². The Morgan fingerprint density at radius 3 is 2.53 bits per heavy atom. The Morgan fingerprint density at radius 2 is 1.78 bits per heavy atom. The van der Waals surface area contributed by atoms with Gasteiger partial charge in [0.2, 0.25) is 0 Å². The number of carbonyl (C=O) groups excluding carboxylic acids is 1. The monoisotopic (exact) mass is 427 g/mol. The zero-order chi connectivity index (χ0) is 22.3. The molecule has 1 atom stereocenters. The summed E-state index contributed by atoms with van der Waals surface area (Å²) in [5.41, 5.74) is 9.54. The molecule has 1 amide bonds. The lowest BCUT2D eigenvalue weighted by Gasteiger charge is -2.28. The van der Waals surface area contributed by atoms with Crippen LogP contribution in [0.25, 0.3) is 11.1 Å². The lowest BCUT2D eigenvalue weighted by atomic mass is 9.80. The van der Waals surface area contributed by atoms with E-state index in [-0.39, 0.29) is 11.9 Å². The molecule has 1 unspecified atom stereocenters. The van der Waals surface area contributed by atoms with E-state index >= 15 is 0 Å². The molecule has 3 aromatic carbocycles. The highest BCUT2D eigenvalue weighted by molar-refractivity contribution is 6.09. The summed E-state index contributed by atoms with van der Waals surface area (Å²) in [6.45, 7) is 0.715. The second kappa shape index (κ2) is 7.71. The molecule has 0 spiro atoms. The van der Waals surface area contributed by atoms with E-state index < -0.39 is 5.54 Å². The first kappa shape index (κ1) is 20.1. The fraction of sp³-hybridized carbons (Fsp3) is 0.231. The summed E-state index contributed by atoms with van der Waals surface area (Å²) in [5, 5.41) is 0. The molecule has 2 heterocycles. The molecule has 0 saturated heterocycles. The molecule has 0 aliphatic carbocycles. The van der Waals surface area contributed by atoms with Gasteiger partial charge in [0.25, 0.3) is 5.91 Å². The number of nitrogens with zero attached hydrogens (tertiary/aromatic N) is 2. The lowest BCUT2D eigenvalue weighted by molar-refractivity contribution is -0.129. The Morgan fingerprint density at radius 1 is 1.03 bits per heavy atom. The number of hydrogen-bond acceptors (Lipinski definition) is 5. The first-order valence-electron chi connectivity index (χ1n) is 10.7. The summed E-state index contributed by atoms with van der Waals surface area (Å²) < 4.78 is 11.2. The van der Waals surface area contributed by atoms with Gasteiger partial charge in [0.15, 0.2) is 11.5 Å². The van der Waals surface area contributed by atoms with Crippen molar-refractivity contribution < 1.29 is 14.3 Å². The second-order valence-electron chi connectivity index (χ2n) is 8.13. The SMILES string of the molecule is COc1cccc(-c2cccc(C3(c4ccc5c(c4)CCCO5)N=C(N)N(C)C3=O)c2)c1. The van der Waals surface area contributed by atoms with Gasteiger partial charge in [-0.05, 0) is 71.0 Å². The third kappa shape index (κ3) is 3.11. The van der Waals surface area contributed by atoms with Crippen LogP contribution < -0.4 is 15.2 Å². The van der Waals surface area contributed by atoms with Crippen molar-refractivity contribution in [2.24, 2.45) is 10.7 Å². The van der Waals surface area contributed by atoms with Gasteiger partial charge >= 0.3 is 0 Å². The number of guanidine groups is 1. The molecule has 32 heavy (non-hydrogen) atoms. The van der Waals surface area contributed by atoms with Gasteiger partial charge in [0.05, 0.1) is 13.7 Å². The van der Waals surface area contributed by atoms with E-state index in [1.807, 2.05) is 66.7 Å². The van der Waals surface area contributed by atoms with Crippen LogP contribution in [0.15, 0.2) is 71.7 Å². The van der Waals surface area contributed by atoms with Crippen molar-refractivity contribution in [3.8, 4) is 22.6 Å². The highest BCUT2D eigenvalue weighted by atomic mass is 16.5. The molecular formula is C26H25N3O3. The molecule has 162 valence electrons. The number of aliphatic imine (C=N–C) groups is 1. The summed E-state index contributed by atoms with van der Waals surface area (Å²) in [7, 11) is 3.31. The minimum Gasteiger partial charge on any atom is -0.497 e. The fourth-order valence-electron chi connectivity index (χ4n) is 4.50. The number of likely N-dealkylation sites (N-methyl/N-ethyl adjacent to an activating group) is 1. The molecule has 2 N–H and O–H groups in total. The van der Waals surface area contributed by atoms with Gasteiger partial charge < -0.3 is 15.2 Å². The predicted octanol–water partition coefficient (Wildman–Crippen LogP) is 3.72. The fourth-order valence-corrected chi connectivity index (χ4v) is 4.50. The highest BCUT2D eigenvalue weighted by Crippen LogP contribution is 2.42. The average molecular weight is 428 g/mol. The number of benzene rings is 3. The van der Waals surface area contributed by atoms with Crippen molar-refractivity contribution in [2.45, 2.75) is 18.4 Å². The molecule has 0 fully saturated rings. The molecule has 0 radical (unpaired) electrons. The summed E-state index contributed by atoms with van der Waals surface area (Å²) in [6.07, 6.45) is 1.86. The molecule has 6 heteroatoms. The maximum Gasteiger partial charge on any atom is 0.266 e. The summed E-state index contributed by atoms with van der Waals surface area (Å²) in [5.74, 6) is 1.68. The van der Waals surface area contributed by atoms with E-state index in [1.54, 1.807) is 14.2 Å². The van der Waals surface area contributed by atoms with Crippen molar-refractivity contribution in [1.82, 2.24) is 4.90 Å². The third-order valence-electron chi connectivity index (χ3n) is 6.25.